The molecule has 0 radical (unpaired) electrons. The average molecular weight is 411 g/mol. The molecule has 3 rings (SSSR count). The molecule has 2 heterocycles. The molecule has 2 aromatic heterocycles. The summed E-state index contributed by atoms with van der Waals surface area (Å²) < 4.78 is 1.72. The Bertz CT molecular complexity index is 979. The van der Waals surface area contributed by atoms with Crippen molar-refractivity contribution in [3.8, 4) is 5.69 Å². The highest BCUT2D eigenvalue weighted by Gasteiger charge is 2.22. The first kappa shape index (κ1) is 21.0. The summed E-state index contributed by atoms with van der Waals surface area (Å²) in [6.07, 6.45) is 0.846. The van der Waals surface area contributed by atoms with Crippen molar-refractivity contribution < 1.29 is 4.79 Å². The monoisotopic (exact) mass is 410 g/mol. The maximum atomic E-state index is 12.8. The molecule has 29 heavy (non-hydrogen) atoms. The van der Waals surface area contributed by atoms with Crippen LogP contribution in [0.2, 0.25) is 0 Å². The molecule has 0 saturated heterocycles. The van der Waals surface area contributed by atoms with Crippen molar-refractivity contribution in [2.75, 3.05) is 0 Å². The van der Waals surface area contributed by atoms with E-state index in [4.69, 9.17) is 0 Å². The Kier molecular flexibility index (Phi) is 6.64. The maximum Gasteiger partial charge on any atom is 0.274 e. The number of nitrogens with zero attached hydrogens (tertiary/aromatic N) is 5. The van der Waals surface area contributed by atoms with E-state index in [1.165, 1.54) is 11.8 Å². The first-order chi connectivity index (χ1) is 13.9. The van der Waals surface area contributed by atoms with Crippen LogP contribution in [0.4, 0.5) is 0 Å². The van der Waals surface area contributed by atoms with E-state index in [-0.39, 0.29) is 11.9 Å². The van der Waals surface area contributed by atoms with Crippen LogP contribution >= 0.6 is 11.8 Å². The van der Waals surface area contributed by atoms with Gasteiger partial charge in [-0.15, -0.1) is 5.10 Å². The number of carbonyl (C=O) groups is 1. The van der Waals surface area contributed by atoms with Gasteiger partial charge in [0.15, 0.2) is 10.9 Å². The van der Waals surface area contributed by atoms with Crippen LogP contribution in [0.1, 0.15) is 53.4 Å². The fourth-order valence-corrected chi connectivity index (χ4v) is 3.73. The van der Waals surface area contributed by atoms with Crippen molar-refractivity contribution in [3.63, 3.8) is 0 Å². The van der Waals surface area contributed by atoms with E-state index in [1.54, 1.807) is 4.68 Å². The minimum absolute atomic E-state index is 0.0651. The van der Waals surface area contributed by atoms with Gasteiger partial charge in [-0.2, -0.15) is 0 Å². The lowest BCUT2D eigenvalue weighted by molar-refractivity contribution is 0.0933. The van der Waals surface area contributed by atoms with Crippen molar-refractivity contribution in [1.29, 1.82) is 0 Å². The molecular weight excluding hydrogens is 384 g/mol. The topological polar surface area (TPSA) is 85.6 Å². The first-order valence-electron chi connectivity index (χ1n) is 9.65. The second-order valence-electron chi connectivity index (χ2n) is 7.14. The molecule has 0 aliphatic heterocycles. The van der Waals surface area contributed by atoms with E-state index < -0.39 is 0 Å². The SMILES string of the molecule is CCC(C)NC(=O)c1nnn(-c2ccc(C)cc2)c1CSc1nc(C)cc(C)n1. The second-order valence-corrected chi connectivity index (χ2v) is 8.08. The molecule has 0 saturated carbocycles. The van der Waals surface area contributed by atoms with Gasteiger partial charge in [0.05, 0.1) is 11.4 Å². The van der Waals surface area contributed by atoms with Gasteiger partial charge in [-0.05, 0) is 52.3 Å². The number of rotatable bonds is 7. The number of hydrogen-bond donors (Lipinski definition) is 1. The zero-order valence-corrected chi connectivity index (χ0v) is 18.2. The van der Waals surface area contributed by atoms with Crippen LogP contribution < -0.4 is 5.32 Å². The lowest BCUT2D eigenvalue weighted by Crippen LogP contribution is -2.32. The molecule has 152 valence electrons. The standard InChI is InChI=1S/C21H26N6OS/c1-6-14(3)22-20(28)19-18(12-29-21-23-15(4)11-16(5)24-21)27(26-25-19)17-9-7-13(2)8-10-17/h7-11,14H,6,12H2,1-5H3,(H,22,28). The number of nitrogens with one attached hydrogen (secondary N) is 1. The zero-order chi connectivity index (χ0) is 21.0. The third kappa shape index (κ3) is 5.20. The Morgan fingerprint density at radius 1 is 1.14 bits per heavy atom. The smallest absolute Gasteiger partial charge is 0.274 e. The minimum atomic E-state index is -0.213. The molecule has 3 aromatic rings. The van der Waals surface area contributed by atoms with Crippen LogP contribution in [0.15, 0.2) is 35.5 Å². The summed E-state index contributed by atoms with van der Waals surface area (Å²) in [6.45, 7) is 9.93. The van der Waals surface area contributed by atoms with Crippen LogP contribution in [0.3, 0.4) is 0 Å². The minimum Gasteiger partial charge on any atom is -0.348 e. The van der Waals surface area contributed by atoms with Gasteiger partial charge >= 0.3 is 0 Å². The van der Waals surface area contributed by atoms with Crippen LogP contribution in [-0.2, 0) is 5.75 Å². The Morgan fingerprint density at radius 3 is 2.41 bits per heavy atom. The number of amides is 1. The Balaban J connectivity index is 1.94. The average Bonchev–Trinajstić information content (AvgIpc) is 3.10. The molecule has 7 nitrogen and oxygen atoms in total. The Morgan fingerprint density at radius 2 is 1.79 bits per heavy atom. The predicted molar refractivity (Wildman–Crippen MR) is 114 cm³/mol. The lowest BCUT2D eigenvalue weighted by Gasteiger charge is -2.12. The number of hydrogen-bond acceptors (Lipinski definition) is 6. The fraction of sp³-hybridized carbons (Fsp3) is 0.381. The highest BCUT2D eigenvalue weighted by Crippen LogP contribution is 2.24. The lowest BCUT2D eigenvalue weighted by atomic mass is 10.2. The Hall–Kier alpha value is -2.74. The number of thioether (sulfide) groups is 1. The summed E-state index contributed by atoms with van der Waals surface area (Å²) in [6, 6.07) is 9.98. The van der Waals surface area contributed by atoms with E-state index in [0.29, 0.717) is 16.6 Å². The molecule has 0 spiro atoms. The van der Waals surface area contributed by atoms with Crippen LogP contribution in [0.25, 0.3) is 5.69 Å². The van der Waals surface area contributed by atoms with Gasteiger partial charge in [0.2, 0.25) is 0 Å². The van der Waals surface area contributed by atoms with Gasteiger partial charge in [-0.1, -0.05) is 41.6 Å². The maximum absolute atomic E-state index is 12.8. The van der Waals surface area contributed by atoms with Gasteiger partial charge in [0.1, 0.15) is 0 Å². The van der Waals surface area contributed by atoms with Crippen LogP contribution in [0.5, 0.6) is 0 Å². The van der Waals surface area contributed by atoms with Crippen molar-refractivity contribution in [2.45, 2.75) is 58.0 Å². The summed E-state index contributed by atoms with van der Waals surface area (Å²) in [5.74, 6) is 0.266. The summed E-state index contributed by atoms with van der Waals surface area (Å²) in [5, 5.41) is 12.1. The zero-order valence-electron chi connectivity index (χ0n) is 17.4. The van der Waals surface area contributed by atoms with Gasteiger partial charge in [0.25, 0.3) is 5.91 Å². The van der Waals surface area contributed by atoms with E-state index in [1.807, 2.05) is 65.0 Å². The fourth-order valence-electron chi connectivity index (χ4n) is 2.79. The molecule has 1 unspecified atom stereocenters. The predicted octanol–water partition coefficient (Wildman–Crippen LogP) is 3.80. The molecule has 1 amide bonds. The third-order valence-electron chi connectivity index (χ3n) is 4.55. The van der Waals surface area contributed by atoms with Crippen LogP contribution in [-0.4, -0.2) is 36.9 Å². The van der Waals surface area contributed by atoms with E-state index in [2.05, 4.69) is 25.6 Å². The molecule has 0 aliphatic rings. The normalized spacial score (nSPS) is 12.0. The molecule has 0 bridgehead atoms. The van der Waals surface area contributed by atoms with Gasteiger partial charge < -0.3 is 5.32 Å². The number of aromatic nitrogens is 5. The van der Waals surface area contributed by atoms with Crippen molar-refractivity contribution in [2.24, 2.45) is 0 Å². The molecular formula is C21H26N6OS. The summed E-state index contributed by atoms with van der Waals surface area (Å²) in [7, 11) is 0. The van der Waals surface area contributed by atoms with Crippen LogP contribution in [0, 0.1) is 20.8 Å². The van der Waals surface area contributed by atoms with Crippen molar-refractivity contribution in [3.05, 3.63) is 58.7 Å². The highest BCUT2D eigenvalue weighted by atomic mass is 32.2. The van der Waals surface area contributed by atoms with E-state index in [9.17, 15) is 4.79 Å². The van der Waals surface area contributed by atoms with E-state index in [0.717, 1.165) is 34.8 Å². The number of benzene rings is 1. The summed E-state index contributed by atoms with van der Waals surface area (Å²) in [4.78, 5) is 21.8. The number of carbonyl (C=O) groups excluding carboxylic acids is 1. The summed E-state index contributed by atoms with van der Waals surface area (Å²) in [5.41, 5.74) is 4.91. The highest BCUT2D eigenvalue weighted by molar-refractivity contribution is 7.98. The Labute approximate surface area is 175 Å². The van der Waals surface area contributed by atoms with E-state index >= 15 is 0 Å². The molecule has 1 N–H and O–H groups in total. The van der Waals surface area contributed by atoms with Gasteiger partial charge in [-0.3, -0.25) is 4.79 Å². The summed E-state index contributed by atoms with van der Waals surface area (Å²) >= 11 is 1.47. The molecule has 1 atom stereocenters. The molecule has 0 fully saturated rings. The van der Waals surface area contributed by atoms with Crippen molar-refractivity contribution in [1.82, 2.24) is 30.3 Å². The second kappa shape index (κ2) is 9.17. The van der Waals surface area contributed by atoms with Gasteiger partial charge in [-0.25, -0.2) is 14.6 Å². The molecule has 0 aliphatic carbocycles. The molecule has 1 aromatic carbocycles. The quantitative estimate of drug-likeness (QED) is 0.471. The first-order valence-corrected chi connectivity index (χ1v) is 10.6. The van der Waals surface area contributed by atoms with Gasteiger partial charge in [0, 0.05) is 23.2 Å². The third-order valence-corrected chi connectivity index (χ3v) is 5.40. The molecule has 8 heteroatoms. The largest absolute Gasteiger partial charge is 0.348 e. The number of aryl methyl sites for hydroxylation is 3. The van der Waals surface area contributed by atoms with Crippen molar-refractivity contribution >= 4 is 17.7 Å².